The summed E-state index contributed by atoms with van der Waals surface area (Å²) in [4.78, 5) is 17.0. The third-order valence-electron chi connectivity index (χ3n) is 4.65. The first-order valence-corrected chi connectivity index (χ1v) is 8.36. The third-order valence-corrected chi connectivity index (χ3v) is 4.65. The lowest BCUT2D eigenvalue weighted by molar-refractivity contribution is 0.0122. The Morgan fingerprint density at radius 2 is 1.92 bits per heavy atom. The molecule has 1 aromatic carbocycles. The highest BCUT2D eigenvalue weighted by atomic mass is 16.4. The standard InChI is InChI=1S/C19H25N3O2/c1-19(2)14-21(18(23)17-9-8-16(12-20)24-17)10-11-22(19)13-15-6-4-3-5-7-15/h3-9H,10-14,20H2,1-2H3. The number of nitrogens with zero attached hydrogens (tertiary/aromatic N) is 2. The summed E-state index contributed by atoms with van der Waals surface area (Å²) < 4.78 is 5.51. The molecule has 5 nitrogen and oxygen atoms in total. The first-order chi connectivity index (χ1) is 11.5. The number of amides is 1. The molecule has 1 amide bonds. The molecule has 1 fully saturated rings. The van der Waals surface area contributed by atoms with E-state index in [1.54, 1.807) is 12.1 Å². The van der Waals surface area contributed by atoms with Crippen molar-refractivity contribution in [1.29, 1.82) is 0 Å². The minimum Gasteiger partial charge on any atom is -0.455 e. The Morgan fingerprint density at radius 3 is 2.54 bits per heavy atom. The molecular weight excluding hydrogens is 302 g/mol. The van der Waals surface area contributed by atoms with Crippen LogP contribution >= 0.6 is 0 Å². The summed E-state index contributed by atoms with van der Waals surface area (Å²) in [5.41, 5.74) is 6.76. The van der Waals surface area contributed by atoms with E-state index in [2.05, 4.69) is 43.0 Å². The summed E-state index contributed by atoms with van der Waals surface area (Å²) in [5, 5.41) is 0. The molecule has 0 bridgehead atoms. The molecule has 0 spiro atoms. The van der Waals surface area contributed by atoms with Crippen LogP contribution in [0.1, 0.15) is 35.7 Å². The van der Waals surface area contributed by atoms with E-state index in [4.69, 9.17) is 10.2 Å². The van der Waals surface area contributed by atoms with Crippen LogP contribution in [0.5, 0.6) is 0 Å². The minimum atomic E-state index is -0.0902. The summed E-state index contributed by atoms with van der Waals surface area (Å²) in [6, 6.07) is 13.9. The maximum Gasteiger partial charge on any atom is 0.289 e. The fourth-order valence-electron chi connectivity index (χ4n) is 3.22. The van der Waals surface area contributed by atoms with E-state index in [1.807, 2.05) is 11.0 Å². The van der Waals surface area contributed by atoms with Gasteiger partial charge in [-0.1, -0.05) is 30.3 Å². The molecule has 1 aliphatic heterocycles. The van der Waals surface area contributed by atoms with Crippen LogP contribution in [0, 0.1) is 0 Å². The van der Waals surface area contributed by atoms with Gasteiger partial charge in [0.05, 0.1) is 6.54 Å². The van der Waals surface area contributed by atoms with Crippen molar-refractivity contribution in [3.63, 3.8) is 0 Å². The van der Waals surface area contributed by atoms with E-state index in [-0.39, 0.29) is 11.4 Å². The van der Waals surface area contributed by atoms with Crippen molar-refractivity contribution < 1.29 is 9.21 Å². The Balaban J connectivity index is 1.67. The Hall–Kier alpha value is -2.11. The minimum absolute atomic E-state index is 0.0536. The molecule has 5 heteroatoms. The van der Waals surface area contributed by atoms with E-state index in [0.717, 1.165) is 13.1 Å². The number of hydrogen-bond donors (Lipinski definition) is 1. The summed E-state index contributed by atoms with van der Waals surface area (Å²) in [6.07, 6.45) is 0. The maximum absolute atomic E-state index is 12.7. The first kappa shape index (κ1) is 16.7. The summed E-state index contributed by atoms with van der Waals surface area (Å²) >= 11 is 0. The molecule has 2 aromatic rings. The van der Waals surface area contributed by atoms with Crippen LogP contribution in [0.15, 0.2) is 46.9 Å². The Labute approximate surface area is 143 Å². The van der Waals surface area contributed by atoms with E-state index in [9.17, 15) is 4.79 Å². The van der Waals surface area contributed by atoms with E-state index >= 15 is 0 Å². The maximum atomic E-state index is 12.7. The molecule has 0 radical (unpaired) electrons. The van der Waals surface area contributed by atoms with Gasteiger partial charge in [0.2, 0.25) is 0 Å². The lowest BCUT2D eigenvalue weighted by Gasteiger charge is -2.47. The van der Waals surface area contributed by atoms with Gasteiger partial charge < -0.3 is 15.1 Å². The fraction of sp³-hybridized carbons (Fsp3) is 0.421. The van der Waals surface area contributed by atoms with Crippen LogP contribution in [0.25, 0.3) is 0 Å². The molecule has 0 atom stereocenters. The fourth-order valence-corrected chi connectivity index (χ4v) is 3.22. The molecule has 0 aliphatic carbocycles. The quantitative estimate of drug-likeness (QED) is 0.937. The van der Waals surface area contributed by atoms with Gasteiger partial charge in [0.25, 0.3) is 5.91 Å². The number of rotatable bonds is 4. The summed E-state index contributed by atoms with van der Waals surface area (Å²) in [7, 11) is 0. The van der Waals surface area contributed by atoms with Gasteiger partial charge in [0.1, 0.15) is 5.76 Å². The van der Waals surface area contributed by atoms with Crippen LogP contribution in [0.4, 0.5) is 0 Å². The zero-order chi connectivity index (χ0) is 17.2. The van der Waals surface area contributed by atoms with Gasteiger partial charge in [-0.25, -0.2) is 0 Å². The molecule has 3 rings (SSSR count). The van der Waals surface area contributed by atoms with Crippen molar-refractivity contribution in [2.75, 3.05) is 19.6 Å². The lowest BCUT2D eigenvalue weighted by Crippen LogP contribution is -2.59. The largest absolute Gasteiger partial charge is 0.455 e. The van der Waals surface area contributed by atoms with Crippen LogP contribution in [0.3, 0.4) is 0 Å². The van der Waals surface area contributed by atoms with Crippen molar-refractivity contribution in [3.8, 4) is 0 Å². The average Bonchev–Trinajstić information content (AvgIpc) is 3.06. The van der Waals surface area contributed by atoms with Crippen LogP contribution in [-0.4, -0.2) is 40.9 Å². The predicted molar refractivity (Wildman–Crippen MR) is 93.4 cm³/mol. The topological polar surface area (TPSA) is 62.7 Å². The number of furan rings is 1. The normalized spacial score (nSPS) is 17.9. The molecule has 1 saturated heterocycles. The highest BCUT2D eigenvalue weighted by Gasteiger charge is 2.36. The SMILES string of the molecule is CC1(C)CN(C(=O)c2ccc(CN)o2)CCN1Cc1ccccc1. The molecular formula is C19H25N3O2. The highest BCUT2D eigenvalue weighted by Crippen LogP contribution is 2.24. The number of hydrogen-bond acceptors (Lipinski definition) is 4. The van der Waals surface area contributed by atoms with Gasteiger partial charge in [-0.2, -0.15) is 0 Å². The second-order valence-corrected chi connectivity index (χ2v) is 6.92. The summed E-state index contributed by atoms with van der Waals surface area (Å²) in [5.74, 6) is 0.963. The molecule has 128 valence electrons. The molecule has 24 heavy (non-hydrogen) atoms. The van der Waals surface area contributed by atoms with Gasteiger partial charge in [0.15, 0.2) is 5.76 Å². The number of benzene rings is 1. The van der Waals surface area contributed by atoms with Gasteiger partial charge in [0, 0.05) is 31.7 Å². The molecule has 0 saturated carbocycles. The Bertz CT molecular complexity index is 694. The van der Waals surface area contributed by atoms with Crippen molar-refractivity contribution >= 4 is 5.91 Å². The van der Waals surface area contributed by atoms with E-state index < -0.39 is 0 Å². The van der Waals surface area contributed by atoms with E-state index in [0.29, 0.717) is 31.2 Å². The predicted octanol–water partition coefficient (Wildman–Crippen LogP) is 2.47. The second kappa shape index (κ2) is 6.79. The van der Waals surface area contributed by atoms with E-state index in [1.165, 1.54) is 5.56 Å². The van der Waals surface area contributed by atoms with Crippen molar-refractivity contribution in [2.24, 2.45) is 5.73 Å². The number of piperazine rings is 1. The summed E-state index contributed by atoms with van der Waals surface area (Å²) in [6.45, 7) is 7.80. The molecule has 1 aromatic heterocycles. The first-order valence-electron chi connectivity index (χ1n) is 8.36. The monoisotopic (exact) mass is 327 g/mol. The van der Waals surface area contributed by atoms with Crippen LogP contribution < -0.4 is 5.73 Å². The van der Waals surface area contributed by atoms with Gasteiger partial charge in [-0.3, -0.25) is 9.69 Å². The van der Waals surface area contributed by atoms with Crippen molar-refractivity contribution in [1.82, 2.24) is 9.80 Å². The van der Waals surface area contributed by atoms with Gasteiger partial charge in [-0.05, 0) is 31.5 Å². The lowest BCUT2D eigenvalue weighted by atomic mass is 9.97. The van der Waals surface area contributed by atoms with Gasteiger partial charge in [-0.15, -0.1) is 0 Å². The molecule has 0 unspecified atom stereocenters. The number of carbonyl (C=O) groups excluding carboxylic acids is 1. The van der Waals surface area contributed by atoms with Gasteiger partial charge >= 0.3 is 0 Å². The Morgan fingerprint density at radius 1 is 1.17 bits per heavy atom. The number of nitrogens with two attached hydrogens (primary N) is 1. The van der Waals surface area contributed by atoms with Crippen LogP contribution in [-0.2, 0) is 13.1 Å². The van der Waals surface area contributed by atoms with Crippen molar-refractivity contribution in [2.45, 2.75) is 32.5 Å². The van der Waals surface area contributed by atoms with Crippen LogP contribution in [0.2, 0.25) is 0 Å². The number of carbonyl (C=O) groups is 1. The highest BCUT2D eigenvalue weighted by molar-refractivity contribution is 5.91. The molecule has 2 N–H and O–H groups in total. The smallest absolute Gasteiger partial charge is 0.289 e. The second-order valence-electron chi connectivity index (χ2n) is 6.92. The van der Waals surface area contributed by atoms with Crippen molar-refractivity contribution in [3.05, 3.63) is 59.5 Å². The molecule has 2 heterocycles. The third kappa shape index (κ3) is 3.52. The zero-order valence-corrected chi connectivity index (χ0v) is 14.4. The Kier molecular flexibility index (Phi) is 4.73. The zero-order valence-electron chi connectivity index (χ0n) is 14.4. The average molecular weight is 327 g/mol. The molecule has 1 aliphatic rings.